The summed E-state index contributed by atoms with van der Waals surface area (Å²) in [5.74, 6) is 6.26. The molecule has 0 bridgehead atoms. The molecule has 1 aliphatic heterocycles. The maximum atomic E-state index is 12.8. The first-order valence-corrected chi connectivity index (χ1v) is 9.84. The standard InChI is InChI=1S/C21H29F3N4O.HI/c1-3-25-20(27-19-9-12-28(13-10-19)14-15-29-2)26-11-5-7-17-6-4-8-18(16-17)21(22,23)24;/h4,6,8,16,19H,3,9-15H2,1-2H3,(H2,25,26,27);1H. The van der Waals surface area contributed by atoms with Gasteiger partial charge < -0.3 is 20.3 Å². The van der Waals surface area contributed by atoms with Crippen molar-refractivity contribution in [3.05, 3.63) is 35.4 Å². The van der Waals surface area contributed by atoms with Crippen LogP contribution in [0.1, 0.15) is 30.9 Å². The third-order valence-electron chi connectivity index (χ3n) is 4.62. The second kappa shape index (κ2) is 13.7. The number of rotatable bonds is 6. The van der Waals surface area contributed by atoms with E-state index in [1.54, 1.807) is 13.2 Å². The molecule has 0 spiro atoms. The molecule has 1 saturated heterocycles. The Bertz CT molecular complexity index is 723. The fourth-order valence-corrected chi connectivity index (χ4v) is 3.07. The largest absolute Gasteiger partial charge is 0.416 e. The van der Waals surface area contributed by atoms with E-state index in [9.17, 15) is 13.2 Å². The molecule has 1 fully saturated rings. The van der Waals surface area contributed by atoms with Gasteiger partial charge in [0.2, 0.25) is 0 Å². The van der Waals surface area contributed by atoms with Crippen LogP contribution in [-0.4, -0.2) is 63.3 Å². The molecule has 9 heteroatoms. The van der Waals surface area contributed by atoms with Gasteiger partial charge in [0, 0.05) is 44.9 Å². The summed E-state index contributed by atoms with van der Waals surface area (Å²) in [6, 6.07) is 5.35. The zero-order valence-corrected chi connectivity index (χ0v) is 19.7. The summed E-state index contributed by atoms with van der Waals surface area (Å²) >= 11 is 0. The minimum absolute atomic E-state index is 0. The van der Waals surface area contributed by atoms with E-state index in [-0.39, 0.29) is 30.5 Å². The average molecular weight is 538 g/mol. The van der Waals surface area contributed by atoms with E-state index >= 15 is 0 Å². The lowest BCUT2D eigenvalue weighted by Crippen LogP contribution is -2.49. The van der Waals surface area contributed by atoms with E-state index in [1.807, 2.05) is 6.92 Å². The highest BCUT2D eigenvalue weighted by Crippen LogP contribution is 2.29. The van der Waals surface area contributed by atoms with Gasteiger partial charge in [0.15, 0.2) is 5.96 Å². The lowest BCUT2D eigenvalue weighted by Gasteiger charge is -2.32. The molecule has 1 heterocycles. The van der Waals surface area contributed by atoms with Crippen LogP contribution in [0.25, 0.3) is 0 Å². The first-order chi connectivity index (χ1) is 13.9. The molecule has 0 radical (unpaired) electrons. The van der Waals surface area contributed by atoms with Gasteiger partial charge in [0.05, 0.1) is 12.2 Å². The van der Waals surface area contributed by atoms with Crippen molar-refractivity contribution >= 4 is 29.9 Å². The monoisotopic (exact) mass is 538 g/mol. The third-order valence-corrected chi connectivity index (χ3v) is 4.62. The highest BCUT2D eigenvalue weighted by atomic mass is 127. The molecule has 0 unspecified atom stereocenters. The molecule has 30 heavy (non-hydrogen) atoms. The van der Waals surface area contributed by atoms with Crippen molar-refractivity contribution in [2.75, 3.05) is 46.4 Å². The zero-order chi connectivity index (χ0) is 21.1. The van der Waals surface area contributed by atoms with Gasteiger partial charge >= 0.3 is 6.18 Å². The van der Waals surface area contributed by atoms with Gasteiger partial charge in [-0.3, -0.25) is 0 Å². The summed E-state index contributed by atoms with van der Waals surface area (Å²) in [6.45, 7) is 6.62. The highest BCUT2D eigenvalue weighted by molar-refractivity contribution is 14.0. The van der Waals surface area contributed by atoms with Gasteiger partial charge in [-0.1, -0.05) is 17.9 Å². The maximum Gasteiger partial charge on any atom is 0.416 e. The Morgan fingerprint density at radius 2 is 2.03 bits per heavy atom. The van der Waals surface area contributed by atoms with Crippen molar-refractivity contribution in [1.29, 1.82) is 0 Å². The second-order valence-electron chi connectivity index (χ2n) is 6.83. The number of nitrogens with zero attached hydrogens (tertiary/aromatic N) is 2. The number of nitrogens with one attached hydrogen (secondary N) is 2. The number of ether oxygens (including phenoxy) is 1. The topological polar surface area (TPSA) is 48.9 Å². The quantitative estimate of drug-likeness (QED) is 0.253. The minimum Gasteiger partial charge on any atom is -0.383 e. The van der Waals surface area contributed by atoms with Crippen molar-refractivity contribution in [3.8, 4) is 11.8 Å². The molecular formula is C21H30F3IN4O. The number of hydrogen-bond acceptors (Lipinski definition) is 3. The van der Waals surface area contributed by atoms with Gasteiger partial charge in [0.25, 0.3) is 0 Å². The summed E-state index contributed by atoms with van der Waals surface area (Å²) in [6.07, 6.45) is -2.33. The maximum absolute atomic E-state index is 12.8. The predicted molar refractivity (Wildman–Crippen MR) is 124 cm³/mol. The van der Waals surface area contributed by atoms with E-state index in [0.717, 1.165) is 57.8 Å². The number of aliphatic imine (C=N–C) groups is 1. The van der Waals surface area contributed by atoms with Crippen LogP contribution in [0.3, 0.4) is 0 Å². The number of likely N-dealkylation sites (tertiary alicyclic amines) is 1. The molecule has 2 rings (SSSR count). The lowest BCUT2D eigenvalue weighted by atomic mass is 10.1. The lowest BCUT2D eigenvalue weighted by molar-refractivity contribution is -0.137. The number of guanidine groups is 1. The van der Waals surface area contributed by atoms with Crippen LogP contribution in [0.15, 0.2) is 29.3 Å². The predicted octanol–water partition coefficient (Wildman–Crippen LogP) is 3.34. The second-order valence-corrected chi connectivity index (χ2v) is 6.83. The normalized spacial score (nSPS) is 15.7. The molecule has 2 N–H and O–H groups in total. The van der Waals surface area contributed by atoms with Crippen LogP contribution in [0.5, 0.6) is 0 Å². The zero-order valence-electron chi connectivity index (χ0n) is 17.4. The summed E-state index contributed by atoms with van der Waals surface area (Å²) in [5.41, 5.74) is -0.365. The summed E-state index contributed by atoms with van der Waals surface area (Å²) in [4.78, 5) is 6.81. The van der Waals surface area contributed by atoms with E-state index < -0.39 is 11.7 Å². The number of methoxy groups -OCH3 is 1. The number of alkyl halides is 3. The SMILES string of the molecule is CCNC(=NCC#Cc1cccc(C(F)(F)F)c1)NC1CCN(CCOC)CC1.I. The molecule has 1 aromatic rings. The summed E-state index contributed by atoms with van der Waals surface area (Å²) in [5, 5.41) is 6.62. The number of hydrogen-bond donors (Lipinski definition) is 2. The van der Waals surface area contributed by atoms with Crippen LogP contribution in [0.4, 0.5) is 13.2 Å². The smallest absolute Gasteiger partial charge is 0.383 e. The van der Waals surface area contributed by atoms with Crippen LogP contribution in [-0.2, 0) is 10.9 Å². The fourth-order valence-electron chi connectivity index (χ4n) is 3.07. The van der Waals surface area contributed by atoms with Crippen molar-refractivity contribution in [1.82, 2.24) is 15.5 Å². The van der Waals surface area contributed by atoms with Crippen LogP contribution >= 0.6 is 24.0 Å². The molecule has 0 atom stereocenters. The van der Waals surface area contributed by atoms with Crippen molar-refractivity contribution < 1.29 is 17.9 Å². The van der Waals surface area contributed by atoms with Gasteiger partial charge in [0.1, 0.15) is 6.54 Å². The summed E-state index contributed by atoms with van der Waals surface area (Å²) < 4.78 is 43.4. The Morgan fingerprint density at radius 1 is 1.30 bits per heavy atom. The molecule has 0 aliphatic carbocycles. The van der Waals surface area contributed by atoms with Crippen molar-refractivity contribution in [2.24, 2.45) is 4.99 Å². The number of halogens is 4. The minimum atomic E-state index is -4.36. The first kappa shape index (κ1) is 26.5. The molecular weight excluding hydrogens is 508 g/mol. The first-order valence-electron chi connectivity index (χ1n) is 9.84. The Kier molecular flexibility index (Phi) is 12.1. The molecule has 0 saturated carbocycles. The molecule has 168 valence electrons. The molecule has 1 aliphatic rings. The van der Waals surface area contributed by atoms with E-state index in [2.05, 4.69) is 32.4 Å². The Morgan fingerprint density at radius 3 is 2.67 bits per heavy atom. The van der Waals surface area contributed by atoms with Crippen LogP contribution in [0, 0.1) is 11.8 Å². The fraction of sp³-hybridized carbons (Fsp3) is 0.571. The highest BCUT2D eigenvalue weighted by Gasteiger charge is 2.30. The average Bonchev–Trinajstić information content (AvgIpc) is 2.70. The van der Waals surface area contributed by atoms with Gasteiger partial charge in [-0.25, -0.2) is 4.99 Å². The third kappa shape index (κ3) is 9.53. The van der Waals surface area contributed by atoms with Gasteiger partial charge in [-0.05, 0) is 38.0 Å². The molecule has 1 aromatic carbocycles. The molecule has 0 aromatic heterocycles. The Hall–Kier alpha value is -1.51. The molecule has 5 nitrogen and oxygen atoms in total. The summed E-state index contributed by atoms with van der Waals surface area (Å²) in [7, 11) is 1.71. The van der Waals surface area contributed by atoms with E-state index in [0.29, 0.717) is 17.6 Å². The van der Waals surface area contributed by atoms with Crippen LogP contribution in [0.2, 0.25) is 0 Å². The number of benzene rings is 1. The van der Waals surface area contributed by atoms with Gasteiger partial charge in [-0.15, -0.1) is 24.0 Å². The van der Waals surface area contributed by atoms with E-state index in [1.165, 1.54) is 6.07 Å². The Labute approximate surface area is 193 Å². The van der Waals surface area contributed by atoms with Crippen molar-refractivity contribution in [2.45, 2.75) is 32.0 Å². The molecule has 0 amide bonds. The van der Waals surface area contributed by atoms with Crippen molar-refractivity contribution in [3.63, 3.8) is 0 Å². The van der Waals surface area contributed by atoms with Crippen LogP contribution < -0.4 is 10.6 Å². The Balaban J connectivity index is 0.00000450. The number of piperidine rings is 1. The van der Waals surface area contributed by atoms with E-state index in [4.69, 9.17) is 4.74 Å². The van der Waals surface area contributed by atoms with Gasteiger partial charge in [-0.2, -0.15) is 13.2 Å².